The van der Waals surface area contributed by atoms with E-state index in [9.17, 15) is 14.4 Å². The monoisotopic (exact) mass is 370 g/mol. The summed E-state index contributed by atoms with van der Waals surface area (Å²) in [7, 11) is 0. The normalized spacial score (nSPS) is 19.1. The van der Waals surface area contributed by atoms with Gasteiger partial charge in [0.25, 0.3) is 5.91 Å². The summed E-state index contributed by atoms with van der Waals surface area (Å²) >= 11 is 0. The van der Waals surface area contributed by atoms with Crippen molar-refractivity contribution in [2.24, 2.45) is 0 Å². The Morgan fingerprint density at radius 2 is 1.74 bits per heavy atom. The average molecular weight is 370 g/mol. The van der Waals surface area contributed by atoms with Gasteiger partial charge in [-0.2, -0.15) is 0 Å². The molecule has 3 amide bonds. The number of hydrogen-bond donors (Lipinski definition) is 1. The fourth-order valence-electron chi connectivity index (χ4n) is 3.51. The van der Waals surface area contributed by atoms with Crippen molar-refractivity contribution >= 4 is 28.6 Å². The molecule has 0 atom stereocenters. The smallest absolute Gasteiger partial charge is 0.271 e. The molecule has 27 heavy (non-hydrogen) atoms. The Hall–Kier alpha value is -2.71. The number of benzene rings is 1. The summed E-state index contributed by atoms with van der Waals surface area (Å²) in [4.78, 5) is 45.4. The number of fused-ring (bicyclic) bond motifs is 1. The lowest BCUT2D eigenvalue weighted by molar-refractivity contribution is -0.150. The highest BCUT2D eigenvalue weighted by Gasteiger charge is 2.34. The number of carbonyl (C=O) groups is 3. The molecule has 1 aromatic carbocycles. The van der Waals surface area contributed by atoms with Crippen LogP contribution in [0.5, 0.6) is 0 Å². The first-order valence-electron chi connectivity index (χ1n) is 9.12. The molecule has 0 unspecified atom stereocenters. The van der Waals surface area contributed by atoms with Crippen LogP contribution in [0.3, 0.4) is 0 Å². The lowest BCUT2D eigenvalue weighted by Gasteiger charge is -2.34. The Morgan fingerprint density at radius 1 is 1.04 bits per heavy atom. The average Bonchev–Trinajstić information content (AvgIpc) is 3.11. The Labute approximate surface area is 156 Å². The highest BCUT2D eigenvalue weighted by Crippen LogP contribution is 2.17. The van der Waals surface area contributed by atoms with E-state index in [1.807, 2.05) is 24.3 Å². The Balaban J connectivity index is 1.39. The summed E-state index contributed by atoms with van der Waals surface area (Å²) in [6.07, 6.45) is 0. The number of para-hydroxylation sites is 1. The maximum Gasteiger partial charge on any atom is 0.271 e. The van der Waals surface area contributed by atoms with Gasteiger partial charge in [-0.25, -0.2) is 0 Å². The maximum absolute atomic E-state index is 12.7. The minimum Gasteiger partial charge on any atom is -0.379 e. The predicted octanol–water partition coefficient (Wildman–Crippen LogP) is 0.311. The second kappa shape index (κ2) is 7.50. The molecule has 142 valence electrons. The van der Waals surface area contributed by atoms with E-state index in [0.717, 1.165) is 24.0 Å². The third-order valence-electron chi connectivity index (χ3n) is 5.05. The Morgan fingerprint density at radius 3 is 2.44 bits per heavy atom. The summed E-state index contributed by atoms with van der Waals surface area (Å²) in [5.41, 5.74) is 1.24. The number of amides is 3. The van der Waals surface area contributed by atoms with Crippen LogP contribution in [0.25, 0.3) is 10.9 Å². The van der Waals surface area contributed by atoms with E-state index in [4.69, 9.17) is 4.74 Å². The molecule has 8 heteroatoms. The molecular formula is C19H22N4O4. The van der Waals surface area contributed by atoms with Crippen molar-refractivity contribution in [2.75, 3.05) is 52.5 Å². The van der Waals surface area contributed by atoms with Gasteiger partial charge in [0.15, 0.2) is 0 Å². The number of piperazine rings is 1. The summed E-state index contributed by atoms with van der Waals surface area (Å²) in [5.74, 6) is -0.992. The van der Waals surface area contributed by atoms with Crippen LogP contribution < -0.4 is 0 Å². The van der Waals surface area contributed by atoms with Gasteiger partial charge in [0.2, 0.25) is 11.8 Å². The third-order valence-corrected chi connectivity index (χ3v) is 5.05. The number of aromatic nitrogens is 1. The van der Waals surface area contributed by atoms with Crippen molar-refractivity contribution in [2.45, 2.75) is 0 Å². The van der Waals surface area contributed by atoms with E-state index >= 15 is 0 Å². The first-order valence-corrected chi connectivity index (χ1v) is 9.12. The van der Waals surface area contributed by atoms with Crippen molar-refractivity contribution in [3.05, 3.63) is 36.0 Å². The molecule has 4 rings (SSSR count). The number of H-pyrrole nitrogens is 1. The van der Waals surface area contributed by atoms with Gasteiger partial charge < -0.3 is 14.6 Å². The minimum atomic E-state index is -0.333. The van der Waals surface area contributed by atoms with Gasteiger partial charge in [0.1, 0.15) is 18.8 Å². The lowest BCUT2D eigenvalue weighted by atomic mass is 10.2. The summed E-state index contributed by atoms with van der Waals surface area (Å²) in [5, 5.41) is 0.919. The van der Waals surface area contributed by atoms with Gasteiger partial charge in [0.05, 0.1) is 13.2 Å². The maximum atomic E-state index is 12.7. The van der Waals surface area contributed by atoms with E-state index in [2.05, 4.69) is 9.88 Å². The number of nitrogens with zero attached hydrogens (tertiary/aromatic N) is 3. The predicted molar refractivity (Wildman–Crippen MR) is 98.2 cm³/mol. The number of carbonyl (C=O) groups excluding carboxylic acids is 3. The fourth-order valence-corrected chi connectivity index (χ4v) is 3.51. The van der Waals surface area contributed by atoms with E-state index < -0.39 is 0 Å². The highest BCUT2D eigenvalue weighted by molar-refractivity contribution is 6.06. The van der Waals surface area contributed by atoms with Gasteiger partial charge >= 0.3 is 0 Å². The molecule has 2 aromatic rings. The molecule has 0 spiro atoms. The van der Waals surface area contributed by atoms with Crippen molar-refractivity contribution in [1.82, 2.24) is 19.7 Å². The van der Waals surface area contributed by atoms with E-state index in [1.165, 1.54) is 9.80 Å². The summed E-state index contributed by atoms with van der Waals surface area (Å²) < 4.78 is 5.30. The second-order valence-electron chi connectivity index (χ2n) is 6.82. The van der Waals surface area contributed by atoms with Crippen LogP contribution in [0.1, 0.15) is 10.5 Å². The Bertz CT molecular complexity index is 820. The minimum absolute atomic E-state index is 0.0803. The standard InChI is InChI=1S/C19H22N4O4/c24-17-12-22(19(26)16-11-14-3-1-2-4-15(14)20-16)13-18(25)23(17)6-5-21-7-9-27-10-8-21/h1-4,11,20H,5-10,12-13H2. The van der Waals surface area contributed by atoms with Crippen molar-refractivity contribution in [3.63, 3.8) is 0 Å². The van der Waals surface area contributed by atoms with Gasteiger partial charge in [-0.1, -0.05) is 18.2 Å². The van der Waals surface area contributed by atoms with Crippen LogP contribution in [0.15, 0.2) is 30.3 Å². The number of rotatable bonds is 4. The molecule has 1 aromatic heterocycles. The van der Waals surface area contributed by atoms with Crippen LogP contribution in [0.2, 0.25) is 0 Å². The van der Waals surface area contributed by atoms with Crippen molar-refractivity contribution in [3.8, 4) is 0 Å². The molecule has 1 N–H and O–H groups in total. The molecule has 2 saturated heterocycles. The summed E-state index contributed by atoms with van der Waals surface area (Å²) in [6, 6.07) is 9.31. The van der Waals surface area contributed by atoms with Crippen LogP contribution in [0, 0.1) is 0 Å². The largest absolute Gasteiger partial charge is 0.379 e. The number of ether oxygens (including phenoxy) is 1. The number of imide groups is 1. The molecule has 0 bridgehead atoms. The van der Waals surface area contributed by atoms with Crippen molar-refractivity contribution < 1.29 is 19.1 Å². The molecule has 0 aliphatic carbocycles. The number of nitrogens with one attached hydrogen (secondary N) is 1. The van der Waals surface area contributed by atoms with Gasteiger partial charge in [-0.3, -0.25) is 24.2 Å². The van der Waals surface area contributed by atoms with Gasteiger partial charge in [-0.15, -0.1) is 0 Å². The molecular weight excluding hydrogens is 348 g/mol. The Kier molecular flexibility index (Phi) is 4.91. The van der Waals surface area contributed by atoms with Crippen LogP contribution in [-0.4, -0.2) is 89.9 Å². The van der Waals surface area contributed by atoms with Crippen LogP contribution in [-0.2, 0) is 14.3 Å². The molecule has 2 fully saturated rings. The van der Waals surface area contributed by atoms with Crippen LogP contribution >= 0.6 is 0 Å². The molecule has 3 heterocycles. The first-order chi connectivity index (χ1) is 13.1. The number of hydrogen-bond acceptors (Lipinski definition) is 5. The number of aromatic amines is 1. The van der Waals surface area contributed by atoms with Crippen LogP contribution in [0.4, 0.5) is 0 Å². The summed E-state index contributed by atoms with van der Waals surface area (Å²) in [6.45, 7) is 3.79. The van der Waals surface area contributed by atoms with E-state index in [-0.39, 0.29) is 30.8 Å². The van der Waals surface area contributed by atoms with E-state index in [1.54, 1.807) is 6.07 Å². The topological polar surface area (TPSA) is 86.0 Å². The van der Waals surface area contributed by atoms with Gasteiger partial charge in [0, 0.05) is 37.1 Å². The lowest BCUT2D eigenvalue weighted by Crippen LogP contribution is -2.57. The fraction of sp³-hybridized carbons (Fsp3) is 0.421. The first kappa shape index (κ1) is 17.7. The molecule has 0 saturated carbocycles. The third kappa shape index (κ3) is 3.72. The van der Waals surface area contributed by atoms with Crippen molar-refractivity contribution in [1.29, 1.82) is 0 Å². The number of morpholine rings is 1. The quantitative estimate of drug-likeness (QED) is 0.783. The molecule has 2 aliphatic heterocycles. The second-order valence-corrected chi connectivity index (χ2v) is 6.82. The highest BCUT2D eigenvalue weighted by atomic mass is 16.5. The van der Waals surface area contributed by atoms with E-state index in [0.29, 0.717) is 32.0 Å². The zero-order valence-corrected chi connectivity index (χ0v) is 15.0. The molecule has 8 nitrogen and oxygen atoms in total. The zero-order chi connectivity index (χ0) is 18.8. The van der Waals surface area contributed by atoms with Gasteiger partial charge in [-0.05, 0) is 12.1 Å². The SMILES string of the molecule is O=C(c1cc2ccccc2[nH]1)N1CC(=O)N(CCN2CCOCC2)C(=O)C1. The molecule has 2 aliphatic rings. The zero-order valence-electron chi connectivity index (χ0n) is 15.0. The molecule has 0 radical (unpaired) electrons.